The van der Waals surface area contributed by atoms with E-state index in [1.165, 1.54) is 11.3 Å². The number of pyridine rings is 1. The molecule has 2 aliphatic heterocycles. The maximum absolute atomic E-state index is 6.16. The maximum atomic E-state index is 6.16. The van der Waals surface area contributed by atoms with Crippen molar-refractivity contribution in [2.75, 3.05) is 11.9 Å². The Morgan fingerprint density at radius 1 is 1.22 bits per heavy atom. The Labute approximate surface area is 144 Å². The van der Waals surface area contributed by atoms with E-state index in [4.69, 9.17) is 4.84 Å². The first-order chi connectivity index (χ1) is 11.0. The number of nitrogens with one attached hydrogen (secondary N) is 1. The zero-order valence-electron chi connectivity index (χ0n) is 13.3. The standard InChI is InChI=1S/C18H18BrN3O/c1-17(2)14-6-4-5-7-16(14)22(3)18(17)9-15(21-23-18)12-8-13(19)11-20-10-12/h4-11,21H,1-3H3/t18-/m0/s1. The molecule has 4 nitrogen and oxygen atoms in total. The molecule has 1 atom stereocenters. The summed E-state index contributed by atoms with van der Waals surface area (Å²) in [5.74, 6) is 0. The van der Waals surface area contributed by atoms with Crippen LogP contribution in [0, 0.1) is 0 Å². The van der Waals surface area contributed by atoms with Gasteiger partial charge in [-0.05, 0) is 39.7 Å². The minimum absolute atomic E-state index is 0.188. The van der Waals surface area contributed by atoms with E-state index < -0.39 is 5.72 Å². The summed E-state index contributed by atoms with van der Waals surface area (Å²) < 4.78 is 0.945. The van der Waals surface area contributed by atoms with Gasteiger partial charge in [0.05, 0.1) is 5.70 Å². The van der Waals surface area contributed by atoms with Crippen molar-refractivity contribution < 1.29 is 4.84 Å². The van der Waals surface area contributed by atoms with Crippen LogP contribution in [-0.4, -0.2) is 17.8 Å². The minimum Gasteiger partial charge on any atom is -0.340 e. The molecule has 1 spiro atoms. The molecule has 0 aliphatic carbocycles. The molecule has 1 aromatic carbocycles. The van der Waals surface area contributed by atoms with E-state index in [1.807, 2.05) is 12.3 Å². The lowest BCUT2D eigenvalue weighted by molar-refractivity contribution is -0.0678. The van der Waals surface area contributed by atoms with Gasteiger partial charge in [0.15, 0.2) is 5.72 Å². The second-order valence-electron chi connectivity index (χ2n) is 6.55. The van der Waals surface area contributed by atoms with Gasteiger partial charge in [0.1, 0.15) is 0 Å². The molecule has 1 N–H and O–H groups in total. The van der Waals surface area contributed by atoms with Crippen molar-refractivity contribution in [3.05, 3.63) is 64.4 Å². The van der Waals surface area contributed by atoms with Crippen LogP contribution in [0.2, 0.25) is 0 Å². The molecule has 0 saturated carbocycles. The van der Waals surface area contributed by atoms with Crippen LogP contribution >= 0.6 is 15.9 Å². The van der Waals surface area contributed by atoms with Gasteiger partial charge in [-0.2, -0.15) is 0 Å². The molecule has 5 heteroatoms. The number of anilines is 1. The molecular weight excluding hydrogens is 354 g/mol. The van der Waals surface area contributed by atoms with Crippen molar-refractivity contribution >= 4 is 27.3 Å². The van der Waals surface area contributed by atoms with Crippen LogP contribution in [0.5, 0.6) is 0 Å². The van der Waals surface area contributed by atoms with E-state index in [0.29, 0.717) is 0 Å². The average Bonchev–Trinajstić information content (AvgIpc) is 3.06. The van der Waals surface area contributed by atoms with Gasteiger partial charge in [-0.15, -0.1) is 0 Å². The molecule has 2 aromatic rings. The zero-order valence-corrected chi connectivity index (χ0v) is 14.9. The first-order valence-electron chi connectivity index (χ1n) is 7.57. The van der Waals surface area contributed by atoms with Crippen LogP contribution in [0.4, 0.5) is 5.69 Å². The summed E-state index contributed by atoms with van der Waals surface area (Å²) in [7, 11) is 2.08. The topological polar surface area (TPSA) is 37.4 Å². The van der Waals surface area contributed by atoms with Crippen LogP contribution < -0.4 is 10.4 Å². The highest BCUT2D eigenvalue weighted by Crippen LogP contribution is 2.54. The van der Waals surface area contributed by atoms with E-state index in [9.17, 15) is 0 Å². The number of aromatic nitrogens is 1. The maximum Gasteiger partial charge on any atom is 0.197 e. The molecule has 2 aliphatic rings. The number of benzene rings is 1. The number of rotatable bonds is 1. The summed E-state index contributed by atoms with van der Waals surface area (Å²) in [4.78, 5) is 12.6. The first-order valence-corrected chi connectivity index (χ1v) is 8.36. The number of hydrogen-bond acceptors (Lipinski definition) is 4. The van der Waals surface area contributed by atoms with E-state index in [1.54, 1.807) is 6.20 Å². The number of halogens is 1. The van der Waals surface area contributed by atoms with Gasteiger partial charge in [0.2, 0.25) is 0 Å². The Morgan fingerprint density at radius 2 is 2.00 bits per heavy atom. The monoisotopic (exact) mass is 371 g/mol. The van der Waals surface area contributed by atoms with Crippen LogP contribution in [-0.2, 0) is 10.3 Å². The number of nitrogens with zero attached hydrogens (tertiary/aromatic N) is 2. The number of para-hydroxylation sites is 1. The summed E-state index contributed by atoms with van der Waals surface area (Å²) in [5.41, 5.74) is 6.78. The van der Waals surface area contributed by atoms with Crippen LogP contribution in [0.25, 0.3) is 5.70 Å². The molecule has 0 bridgehead atoms. The molecular formula is C18H18BrN3O. The molecule has 0 radical (unpaired) electrons. The van der Waals surface area contributed by atoms with Gasteiger partial charge in [0, 0.05) is 40.6 Å². The van der Waals surface area contributed by atoms with Crippen molar-refractivity contribution in [1.29, 1.82) is 0 Å². The smallest absolute Gasteiger partial charge is 0.197 e. The van der Waals surface area contributed by atoms with Gasteiger partial charge in [-0.1, -0.05) is 32.0 Å². The highest BCUT2D eigenvalue weighted by atomic mass is 79.9. The number of hydrogen-bond donors (Lipinski definition) is 1. The van der Waals surface area contributed by atoms with Crippen molar-refractivity contribution in [3.8, 4) is 0 Å². The van der Waals surface area contributed by atoms with Crippen LogP contribution in [0.3, 0.4) is 0 Å². The van der Waals surface area contributed by atoms with E-state index in [0.717, 1.165) is 15.7 Å². The fraction of sp³-hybridized carbons (Fsp3) is 0.278. The van der Waals surface area contributed by atoms with Gasteiger partial charge in [0.25, 0.3) is 0 Å². The van der Waals surface area contributed by atoms with E-state index in [2.05, 4.69) is 82.5 Å². The second kappa shape index (κ2) is 4.82. The fourth-order valence-electron chi connectivity index (χ4n) is 3.65. The Balaban J connectivity index is 1.84. The lowest BCUT2D eigenvalue weighted by Crippen LogP contribution is -2.54. The van der Waals surface area contributed by atoms with Crippen molar-refractivity contribution in [2.45, 2.75) is 25.0 Å². The van der Waals surface area contributed by atoms with Gasteiger partial charge in [-0.3, -0.25) is 10.5 Å². The molecule has 118 valence electrons. The van der Waals surface area contributed by atoms with Crippen molar-refractivity contribution in [1.82, 2.24) is 10.5 Å². The highest BCUT2D eigenvalue weighted by molar-refractivity contribution is 9.10. The minimum atomic E-state index is -0.561. The fourth-order valence-corrected chi connectivity index (χ4v) is 4.01. The van der Waals surface area contributed by atoms with Gasteiger partial charge >= 0.3 is 0 Å². The predicted octanol–water partition coefficient (Wildman–Crippen LogP) is 3.84. The third-order valence-electron chi connectivity index (χ3n) is 5.00. The second-order valence-corrected chi connectivity index (χ2v) is 7.47. The lowest BCUT2D eigenvalue weighted by Gasteiger charge is -2.39. The van der Waals surface area contributed by atoms with Gasteiger partial charge in [-0.25, -0.2) is 4.84 Å². The molecule has 0 fully saturated rings. The van der Waals surface area contributed by atoms with Crippen LogP contribution in [0.15, 0.2) is 53.3 Å². The molecule has 4 rings (SSSR count). The molecule has 3 heterocycles. The third kappa shape index (κ3) is 1.90. The van der Waals surface area contributed by atoms with Crippen molar-refractivity contribution in [2.24, 2.45) is 0 Å². The average molecular weight is 372 g/mol. The Hall–Kier alpha value is -1.85. The van der Waals surface area contributed by atoms with Gasteiger partial charge < -0.3 is 4.90 Å². The Bertz CT molecular complexity index is 817. The highest BCUT2D eigenvalue weighted by Gasteiger charge is 2.58. The Kier molecular flexibility index (Phi) is 3.09. The molecule has 0 amide bonds. The zero-order chi connectivity index (χ0) is 16.2. The SMILES string of the molecule is CN1c2ccccc2C(C)(C)[C@@]12C=C(c1cncc(Br)c1)NO2. The summed E-state index contributed by atoms with van der Waals surface area (Å²) >= 11 is 3.47. The molecule has 0 saturated heterocycles. The Morgan fingerprint density at radius 3 is 2.74 bits per heavy atom. The first kappa shape index (κ1) is 14.7. The number of fused-ring (bicyclic) bond motifs is 1. The quantitative estimate of drug-likeness (QED) is 0.826. The number of hydroxylamine groups is 1. The normalized spacial score (nSPS) is 24.5. The molecule has 0 unspecified atom stereocenters. The summed E-state index contributed by atoms with van der Waals surface area (Å²) in [6, 6.07) is 10.5. The van der Waals surface area contributed by atoms with E-state index in [-0.39, 0.29) is 5.41 Å². The summed E-state index contributed by atoms with van der Waals surface area (Å²) in [6.07, 6.45) is 5.77. The molecule has 1 aromatic heterocycles. The van der Waals surface area contributed by atoms with E-state index >= 15 is 0 Å². The van der Waals surface area contributed by atoms with Crippen molar-refractivity contribution in [3.63, 3.8) is 0 Å². The largest absolute Gasteiger partial charge is 0.340 e. The predicted molar refractivity (Wildman–Crippen MR) is 94.7 cm³/mol. The van der Waals surface area contributed by atoms with Crippen LogP contribution in [0.1, 0.15) is 25.0 Å². The summed E-state index contributed by atoms with van der Waals surface area (Å²) in [5, 5.41) is 0. The number of likely N-dealkylation sites (N-methyl/N-ethyl adjacent to an activating group) is 1. The lowest BCUT2D eigenvalue weighted by atomic mass is 9.77. The molecule has 23 heavy (non-hydrogen) atoms. The third-order valence-corrected chi connectivity index (χ3v) is 5.44. The summed E-state index contributed by atoms with van der Waals surface area (Å²) in [6.45, 7) is 4.44.